The van der Waals surface area contributed by atoms with Gasteiger partial charge in [0, 0.05) is 5.69 Å². The lowest BCUT2D eigenvalue weighted by Crippen LogP contribution is -2.14. The molecular formula is C16H17N5O3. The summed E-state index contributed by atoms with van der Waals surface area (Å²) in [4.78, 5) is 22.8. The minimum Gasteiger partial charge on any atom is -0.497 e. The molecule has 3 aromatic rings. The number of H-pyrrole nitrogens is 1. The van der Waals surface area contributed by atoms with Crippen molar-refractivity contribution in [3.05, 3.63) is 36.5 Å². The number of imidazole rings is 1. The number of fused-ring (bicyclic) bond motifs is 1. The maximum atomic E-state index is 11.4. The molecule has 8 nitrogen and oxygen atoms in total. The molecule has 8 heteroatoms. The van der Waals surface area contributed by atoms with Gasteiger partial charge in [0.15, 0.2) is 5.65 Å². The molecular weight excluding hydrogens is 310 g/mol. The van der Waals surface area contributed by atoms with Crippen LogP contribution >= 0.6 is 0 Å². The summed E-state index contributed by atoms with van der Waals surface area (Å²) in [6.45, 7) is 2.02. The molecule has 3 rings (SSSR count). The van der Waals surface area contributed by atoms with Crippen LogP contribution in [0, 0.1) is 0 Å². The Hall–Kier alpha value is -3.29. The molecule has 0 aliphatic heterocycles. The molecule has 0 atom stereocenters. The number of rotatable bonds is 5. The second-order valence-electron chi connectivity index (χ2n) is 4.88. The van der Waals surface area contributed by atoms with Crippen molar-refractivity contribution in [2.24, 2.45) is 0 Å². The minimum atomic E-state index is -0.562. The first-order valence-corrected chi connectivity index (χ1v) is 7.38. The van der Waals surface area contributed by atoms with Gasteiger partial charge in [-0.25, -0.2) is 9.78 Å². The molecule has 1 aromatic carbocycles. The summed E-state index contributed by atoms with van der Waals surface area (Å²) in [6.07, 6.45) is 1.11. The first-order chi connectivity index (χ1) is 11.7. The maximum absolute atomic E-state index is 11.4. The van der Waals surface area contributed by atoms with Crippen molar-refractivity contribution in [2.75, 3.05) is 24.4 Å². The lowest BCUT2D eigenvalue weighted by Gasteiger charge is -2.06. The highest BCUT2D eigenvalue weighted by Gasteiger charge is 2.09. The third-order valence-corrected chi connectivity index (χ3v) is 3.21. The zero-order chi connectivity index (χ0) is 16.9. The molecule has 0 saturated carbocycles. The molecule has 0 radical (unpaired) electrons. The van der Waals surface area contributed by atoms with E-state index in [1.165, 1.54) is 0 Å². The van der Waals surface area contributed by atoms with Crippen LogP contribution in [0.2, 0.25) is 0 Å². The Kier molecular flexibility index (Phi) is 4.46. The smallest absolute Gasteiger partial charge is 0.413 e. The highest BCUT2D eigenvalue weighted by molar-refractivity contribution is 5.86. The van der Waals surface area contributed by atoms with Crippen molar-refractivity contribution in [3.63, 3.8) is 0 Å². The summed E-state index contributed by atoms with van der Waals surface area (Å²) in [5.74, 6) is 1.08. The Morgan fingerprint density at radius 1 is 1.25 bits per heavy atom. The van der Waals surface area contributed by atoms with Crippen LogP contribution in [0.15, 0.2) is 36.5 Å². The van der Waals surface area contributed by atoms with E-state index in [-0.39, 0.29) is 5.95 Å². The number of nitrogens with zero attached hydrogens (tertiary/aromatic N) is 2. The zero-order valence-electron chi connectivity index (χ0n) is 13.3. The van der Waals surface area contributed by atoms with E-state index in [0.29, 0.717) is 17.8 Å². The third kappa shape index (κ3) is 3.54. The number of aromatic nitrogens is 3. The van der Waals surface area contributed by atoms with Crippen molar-refractivity contribution < 1.29 is 14.3 Å². The SMILES string of the molecule is CCOC(=O)Nc1nc2ncc(Nc3ccc(OC)cc3)cc2[nH]1. The fraction of sp³-hybridized carbons (Fsp3) is 0.188. The van der Waals surface area contributed by atoms with Gasteiger partial charge in [-0.3, -0.25) is 5.32 Å². The van der Waals surface area contributed by atoms with E-state index in [4.69, 9.17) is 9.47 Å². The molecule has 24 heavy (non-hydrogen) atoms. The molecule has 2 aromatic heterocycles. The lowest BCUT2D eigenvalue weighted by molar-refractivity contribution is 0.167. The highest BCUT2D eigenvalue weighted by atomic mass is 16.5. The molecule has 124 valence electrons. The highest BCUT2D eigenvalue weighted by Crippen LogP contribution is 2.22. The number of ether oxygens (including phenoxy) is 2. The number of carbonyl (C=O) groups is 1. The molecule has 2 heterocycles. The number of aromatic amines is 1. The number of pyridine rings is 1. The van der Waals surface area contributed by atoms with Crippen molar-refractivity contribution >= 4 is 34.6 Å². The average Bonchev–Trinajstić information content (AvgIpc) is 2.97. The molecule has 0 aliphatic carbocycles. The van der Waals surface area contributed by atoms with Crippen LogP contribution < -0.4 is 15.4 Å². The van der Waals surface area contributed by atoms with E-state index in [0.717, 1.165) is 17.1 Å². The number of carbonyl (C=O) groups excluding carboxylic acids is 1. The summed E-state index contributed by atoms with van der Waals surface area (Å²) in [5.41, 5.74) is 2.89. The van der Waals surface area contributed by atoms with Gasteiger partial charge in [0.2, 0.25) is 5.95 Å². The van der Waals surface area contributed by atoms with Crippen LogP contribution in [0.1, 0.15) is 6.92 Å². The van der Waals surface area contributed by atoms with Gasteiger partial charge in [-0.15, -0.1) is 0 Å². The van der Waals surface area contributed by atoms with Crippen molar-refractivity contribution in [1.29, 1.82) is 0 Å². The van der Waals surface area contributed by atoms with Gasteiger partial charge in [0.1, 0.15) is 5.75 Å². The van der Waals surface area contributed by atoms with Gasteiger partial charge >= 0.3 is 6.09 Å². The van der Waals surface area contributed by atoms with E-state index in [1.807, 2.05) is 30.3 Å². The van der Waals surface area contributed by atoms with Gasteiger partial charge < -0.3 is 19.8 Å². The normalized spacial score (nSPS) is 10.4. The van der Waals surface area contributed by atoms with Gasteiger partial charge in [-0.2, -0.15) is 4.98 Å². The predicted octanol–water partition coefficient (Wildman–Crippen LogP) is 3.28. The number of hydrogen-bond acceptors (Lipinski definition) is 6. The Labute approximate surface area is 138 Å². The third-order valence-electron chi connectivity index (χ3n) is 3.21. The Morgan fingerprint density at radius 3 is 2.75 bits per heavy atom. The lowest BCUT2D eigenvalue weighted by atomic mass is 10.3. The zero-order valence-corrected chi connectivity index (χ0v) is 13.3. The average molecular weight is 327 g/mol. The van der Waals surface area contributed by atoms with Gasteiger partial charge in [0.05, 0.1) is 31.1 Å². The molecule has 0 aliphatic rings. The number of amides is 1. The molecule has 1 amide bonds. The summed E-state index contributed by atoms with van der Waals surface area (Å²) in [7, 11) is 1.63. The first kappa shape index (κ1) is 15.6. The van der Waals surface area contributed by atoms with Crippen molar-refractivity contribution in [2.45, 2.75) is 6.92 Å². The Bertz CT molecular complexity index is 845. The van der Waals surface area contributed by atoms with Crippen LogP contribution in [-0.4, -0.2) is 34.8 Å². The quantitative estimate of drug-likeness (QED) is 0.665. The van der Waals surface area contributed by atoms with E-state index >= 15 is 0 Å². The number of benzene rings is 1. The van der Waals surface area contributed by atoms with Gasteiger partial charge in [-0.1, -0.05) is 0 Å². The second-order valence-corrected chi connectivity index (χ2v) is 4.88. The van der Waals surface area contributed by atoms with Crippen LogP contribution in [0.5, 0.6) is 5.75 Å². The fourth-order valence-electron chi connectivity index (χ4n) is 2.13. The Balaban J connectivity index is 1.76. The fourth-order valence-corrected chi connectivity index (χ4v) is 2.13. The summed E-state index contributed by atoms with van der Waals surface area (Å²) in [6, 6.07) is 9.40. The van der Waals surface area contributed by atoms with Crippen LogP contribution in [0.3, 0.4) is 0 Å². The first-order valence-electron chi connectivity index (χ1n) is 7.38. The Morgan fingerprint density at radius 2 is 2.04 bits per heavy atom. The molecule has 0 fully saturated rings. The van der Waals surface area contributed by atoms with E-state index in [1.54, 1.807) is 20.2 Å². The number of methoxy groups -OCH3 is 1. The van der Waals surface area contributed by atoms with E-state index < -0.39 is 6.09 Å². The second kappa shape index (κ2) is 6.86. The number of nitrogens with one attached hydrogen (secondary N) is 3. The van der Waals surface area contributed by atoms with Crippen molar-refractivity contribution in [3.8, 4) is 5.75 Å². The van der Waals surface area contributed by atoms with Crippen LogP contribution in [-0.2, 0) is 4.74 Å². The minimum absolute atomic E-state index is 0.289. The van der Waals surface area contributed by atoms with E-state index in [2.05, 4.69) is 25.6 Å². The van der Waals surface area contributed by atoms with Crippen molar-refractivity contribution in [1.82, 2.24) is 15.0 Å². The predicted molar refractivity (Wildman–Crippen MR) is 90.8 cm³/mol. The number of anilines is 3. The monoisotopic (exact) mass is 327 g/mol. The molecule has 3 N–H and O–H groups in total. The topological polar surface area (TPSA) is 101 Å². The van der Waals surface area contributed by atoms with Gasteiger partial charge in [0.25, 0.3) is 0 Å². The van der Waals surface area contributed by atoms with Crippen LogP contribution in [0.25, 0.3) is 11.2 Å². The largest absolute Gasteiger partial charge is 0.497 e. The molecule has 0 unspecified atom stereocenters. The maximum Gasteiger partial charge on any atom is 0.413 e. The van der Waals surface area contributed by atoms with Gasteiger partial charge in [-0.05, 0) is 37.3 Å². The standard InChI is InChI=1S/C16H17N5O3/c1-3-24-16(22)21-15-19-13-8-11(9-17-14(13)20-15)18-10-4-6-12(23-2)7-5-10/h4-9,18H,3H2,1-2H3,(H2,17,19,20,21,22). The summed E-state index contributed by atoms with van der Waals surface area (Å²) >= 11 is 0. The van der Waals surface area contributed by atoms with E-state index in [9.17, 15) is 4.79 Å². The molecule has 0 bridgehead atoms. The molecule has 0 saturated heterocycles. The summed E-state index contributed by atoms with van der Waals surface area (Å²) < 4.78 is 9.94. The molecule has 0 spiro atoms. The van der Waals surface area contributed by atoms with Crippen LogP contribution in [0.4, 0.5) is 22.1 Å². The number of hydrogen-bond donors (Lipinski definition) is 3. The summed E-state index contributed by atoms with van der Waals surface area (Å²) in [5, 5.41) is 5.75.